The van der Waals surface area contributed by atoms with E-state index in [1.807, 2.05) is 35.2 Å². The molecule has 1 amide bonds. The quantitative estimate of drug-likeness (QED) is 0.462. The number of rotatable bonds is 5. The number of anilines is 2. The van der Waals surface area contributed by atoms with Gasteiger partial charge in [0.05, 0.1) is 23.7 Å². The number of nitrogens with zero attached hydrogens (tertiary/aromatic N) is 3. The van der Waals surface area contributed by atoms with E-state index >= 15 is 0 Å². The number of benzene rings is 2. The minimum atomic E-state index is -3.14. The second-order valence-corrected chi connectivity index (χ2v) is 12.2. The monoisotopic (exact) mass is 514 g/mol. The first-order valence-electron chi connectivity index (χ1n) is 10.7. The van der Waals surface area contributed by atoms with Gasteiger partial charge in [0.1, 0.15) is 11.6 Å². The van der Waals surface area contributed by atoms with Crippen LogP contribution >= 0.6 is 23.4 Å². The van der Waals surface area contributed by atoms with E-state index < -0.39 is 15.7 Å². The number of sulfone groups is 1. The summed E-state index contributed by atoms with van der Waals surface area (Å²) in [7, 11) is -3.14. The minimum Gasteiger partial charge on any atom is -0.321 e. The summed E-state index contributed by atoms with van der Waals surface area (Å²) in [5, 5.41) is 13.1. The smallest absolute Gasteiger partial charge is 0.267 e. The third kappa shape index (κ3) is 5.30. The van der Waals surface area contributed by atoms with E-state index in [1.54, 1.807) is 24.3 Å². The molecule has 0 spiro atoms. The Hall–Kier alpha value is -2.80. The van der Waals surface area contributed by atoms with E-state index in [9.17, 15) is 18.5 Å². The molecule has 2 heterocycles. The van der Waals surface area contributed by atoms with Gasteiger partial charge in [0, 0.05) is 21.6 Å². The molecule has 2 aliphatic heterocycles. The number of hydrogen-bond acceptors (Lipinski definition) is 6. The molecule has 2 atom stereocenters. The number of amides is 1. The summed E-state index contributed by atoms with van der Waals surface area (Å²) in [5.41, 5.74) is 2.35. The highest BCUT2D eigenvalue weighted by Gasteiger charge is 2.49. The second kappa shape index (κ2) is 9.82. The van der Waals surface area contributed by atoms with Crippen molar-refractivity contribution >= 4 is 55.6 Å². The van der Waals surface area contributed by atoms with E-state index in [2.05, 4.69) is 24.2 Å². The van der Waals surface area contributed by atoms with E-state index in [0.29, 0.717) is 21.8 Å². The average Bonchev–Trinajstić information content (AvgIpc) is 3.26. The maximum Gasteiger partial charge on any atom is 0.267 e. The lowest BCUT2D eigenvalue weighted by molar-refractivity contribution is -0.112. The number of fused-ring (bicyclic) bond motifs is 1. The normalized spacial score (nSPS) is 22.6. The number of halogens is 1. The molecule has 2 aromatic rings. The summed E-state index contributed by atoms with van der Waals surface area (Å²) < 4.78 is 24.5. The number of thioether (sulfide) groups is 1. The van der Waals surface area contributed by atoms with Crippen LogP contribution in [-0.2, 0) is 14.6 Å². The van der Waals surface area contributed by atoms with Gasteiger partial charge in [-0.2, -0.15) is 5.26 Å². The van der Waals surface area contributed by atoms with Crippen molar-refractivity contribution in [2.75, 3.05) is 21.7 Å². The van der Waals surface area contributed by atoms with Crippen LogP contribution in [0.25, 0.3) is 0 Å². The highest BCUT2D eigenvalue weighted by atomic mass is 35.5. The molecule has 2 aliphatic rings. The lowest BCUT2D eigenvalue weighted by atomic mass is 10.0. The maximum atomic E-state index is 12.6. The summed E-state index contributed by atoms with van der Waals surface area (Å²) >= 11 is 7.23. The molecule has 1 N–H and O–H groups in total. The molecule has 0 aromatic heterocycles. The van der Waals surface area contributed by atoms with Gasteiger partial charge in [-0.3, -0.25) is 4.79 Å². The average molecular weight is 515 g/mol. The van der Waals surface area contributed by atoms with Gasteiger partial charge >= 0.3 is 0 Å². The van der Waals surface area contributed by atoms with Gasteiger partial charge in [-0.25, -0.2) is 13.4 Å². The van der Waals surface area contributed by atoms with Gasteiger partial charge in [0.25, 0.3) is 5.91 Å². The highest BCUT2D eigenvalue weighted by Crippen LogP contribution is 2.41. The van der Waals surface area contributed by atoms with Gasteiger partial charge in [0.2, 0.25) is 0 Å². The van der Waals surface area contributed by atoms with Crippen molar-refractivity contribution in [3.05, 3.63) is 70.9 Å². The number of carbonyl (C=O) groups excluding carboxylic acids is 1. The van der Waals surface area contributed by atoms with Crippen LogP contribution in [0.4, 0.5) is 11.4 Å². The first-order valence-corrected chi connectivity index (χ1v) is 13.8. The molecule has 2 fully saturated rings. The zero-order valence-corrected chi connectivity index (χ0v) is 21.0. The summed E-state index contributed by atoms with van der Waals surface area (Å²) in [6.07, 6.45) is 1.23. The van der Waals surface area contributed by atoms with Crippen LogP contribution in [0.15, 0.2) is 65.3 Å². The topological polar surface area (TPSA) is 103 Å². The molecular formula is C24H23ClN4O3S2. The standard InChI is InChI=1S/C24H23ClN4O3S2/c1-15(2)16-3-9-20(10-4-16)29-21-13-34(31,32)14-22(21)33-24(29)27-12-17(11-26)23(30)28-19-7-5-18(25)6-8-19/h3-10,12,15,21-22H,13-14H2,1-2H3,(H,28,30)/b17-12-,27-24?/t21-,22+/m0/s1. The number of nitrogens with one attached hydrogen (secondary N) is 1. The largest absolute Gasteiger partial charge is 0.321 e. The van der Waals surface area contributed by atoms with Crippen molar-refractivity contribution in [1.29, 1.82) is 5.26 Å². The van der Waals surface area contributed by atoms with Crippen LogP contribution in [0, 0.1) is 11.3 Å². The van der Waals surface area contributed by atoms with Gasteiger partial charge in [-0.15, -0.1) is 0 Å². The Morgan fingerprint density at radius 3 is 2.50 bits per heavy atom. The van der Waals surface area contributed by atoms with Crippen molar-refractivity contribution in [1.82, 2.24) is 0 Å². The fourth-order valence-corrected chi connectivity index (χ4v) is 7.90. The van der Waals surface area contributed by atoms with E-state index in [-0.39, 0.29) is 28.4 Å². The molecule has 10 heteroatoms. The summed E-state index contributed by atoms with van der Waals surface area (Å²) in [4.78, 5) is 18.9. The number of aliphatic imine (C=N–C) groups is 1. The molecule has 0 radical (unpaired) electrons. The Morgan fingerprint density at radius 1 is 1.21 bits per heavy atom. The SMILES string of the molecule is CC(C)c1ccc(N2C(=N/C=C(/C#N)C(=O)Nc3ccc(Cl)cc3)S[C@@H]3CS(=O)(=O)C[C@@H]32)cc1. The van der Waals surface area contributed by atoms with Crippen LogP contribution in [0.3, 0.4) is 0 Å². The molecule has 176 valence electrons. The molecule has 0 aliphatic carbocycles. The number of carbonyl (C=O) groups is 1. The first-order chi connectivity index (χ1) is 16.2. The number of amidine groups is 1. The summed E-state index contributed by atoms with van der Waals surface area (Å²) in [5.74, 6) is -0.0993. The minimum absolute atomic E-state index is 0.0431. The molecule has 2 aromatic carbocycles. The maximum absolute atomic E-state index is 12.6. The molecule has 4 rings (SSSR count). The molecule has 0 unspecified atom stereocenters. The molecular weight excluding hydrogens is 492 g/mol. The van der Waals surface area contributed by atoms with E-state index in [0.717, 1.165) is 5.69 Å². The summed E-state index contributed by atoms with van der Waals surface area (Å²) in [6.45, 7) is 4.22. The van der Waals surface area contributed by atoms with Crippen molar-refractivity contribution in [3.8, 4) is 6.07 Å². The third-order valence-corrected chi connectivity index (χ3v) is 9.15. The van der Waals surface area contributed by atoms with Crippen LogP contribution < -0.4 is 10.2 Å². The Kier molecular flexibility index (Phi) is 7.03. The fourth-order valence-electron chi connectivity index (χ4n) is 3.89. The Balaban J connectivity index is 1.62. The fraction of sp³-hybridized carbons (Fsp3) is 0.292. The predicted molar refractivity (Wildman–Crippen MR) is 138 cm³/mol. The van der Waals surface area contributed by atoms with Crippen LogP contribution in [0.1, 0.15) is 25.3 Å². The van der Waals surface area contributed by atoms with Crippen molar-refractivity contribution in [3.63, 3.8) is 0 Å². The van der Waals surface area contributed by atoms with Gasteiger partial charge in [-0.05, 0) is 47.9 Å². The Bertz CT molecular complexity index is 1300. The van der Waals surface area contributed by atoms with Gasteiger partial charge < -0.3 is 10.2 Å². The lowest BCUT2D eigenvalue weighted by Crippen LogP contribution is -2.37. The molecule has 7 nitrogen and oxygen atoms in total. The molecule has 34 heavy (non-hydrogen) atoms. The van der Waals surface area contributed by atoms with Crippen molar-refractivity contribution in [2.45, 2.75) is 31.1 Å². The Morgan fingerprint density at radius 2 is 1.88 bits per heavy atom. The second-order valence-electron chi connectivity index (χ2n) is 8.44. The third-order valence-electron chi connectivity index (χ3n) is 5.68. The van der Waals surface area contributed by atoms with Crippen molar-refractivity contribution < 1.29 is 13.2 Å². The van der Waals surface area contributed by atoms with Crippen LogP contribution in [0.2, 0.25) is 5.02 Å². The van der Waals surface area contributed by atoms with Crippen molar-refractivity contribution in [2.24, 2.45) is 4.99 Å². The van der Waals surface area contributed by atoms with Gasteiger partial charge in [0.15, 0.2) is 15.0 Å². The van der Waals surface area contributed by atoms with Gasteiger partial charge in [-0.1, -0.05) is 49.3 Å². The predicted octanol–water partition coefficient (Wildman–Crippen LogP) is 4.58. The van der Waals surface area contributed by atoms with E-state index in [1.165, 1.54) is 23.5 Å². The van der Waals surface area contributed by atoms with Crippen LogP contribution in [-0.4, -0.2) is 42.3 Å². The zero-order chi connectivity index (χ0) is 24.5. The Labute approximate surface area is 208 Å². The highest BCUT2D eigenvalue weighted by molar-refractivity contribution is 8.16. The lowest BCUT2D eigenvalue weighted by Gasteiger charge is -2.25. The number of hydrogen-bond donors (Lipinski definition) is 1. The van der Waals surface area contributed by atoms with Crippen LogP contribution in [0.5, 0.6) is 0 Å². The molecule has 0 saturated carbocycles. The number of nitriles is 1. The molecule has 0 bridgehead atoms. The first kappa shape index (κ1) is 24.3. The zero-order valence-electron chi connectivity index (χ0n) is 18.6. The molecule has 2 saturated heterocycles. The summed E-state index contributed by atoms with van der Waals surface area (Å²) in [6, 6.07) is 16.1. The van der Waals surface area contributed by atoms with E-state index in [4.69, 9.17) is 11.6 Å².